The highest BCUT2D eigenvalue weighted by Gasteiger charge is 2.22. The summed E-state index contributed by atoms with van der Waals surface area (Å²) in [6, 6.07) is 8.30. The van der Waals surface area contributed by atoms with E-state index >= 15 is 0 Å². The summed E-state index contributed by atoms with van der Waals surface area (Å²) in [5.74, 6) is 0.577. The first-order valence-corrected chi connectivity index (χ1v) is 6.76. The number of nitrogens with one attached hydrogen (secondary N) is 1. The minimum absolute atomic E-state index is 0.242. The van der Waals surface area contributed by atoms with Crippen LogP contribution in [-0.4, -0.2) is 23.8 Å². The second-order valence-electron chi connectivity index (χ2n) is 4.62. The van der Waals surface area contributed by atoms with Crippen molar-refractivity contribution in [3.05, 3.63) is 34.3 Å². The third-order valence-electron chi connectivity index (χ3n) is 3.30. The van der Waals surface area contributed by atoms with Gasteiger partial charge in [-0.2, -0.15) is 0 Å². The van der Waals surface area contributed by atoms with Crippen LogP contribution in [0.3, 0.4) is 0 Å². The molecule has 3 N–H and O–H groups in total. The van der Waals surface area contributed by atoms with Crippen LogP contribution < -0.4 is 5.73 Å². The second-order valence-corrected chi connectivity index (χ2v) is 5.48. The number of nitrogens with zero attached hydrogens (tertiary/aromatic N) is 1. The topological polar surface area (TPSA) is 53.1 Å². The van der Waals surface area contributed by atoms with E-state index < -0.39 is 0 Å². The fourth-order valence-electron chi connectivity index (χ4n) is 2.32. The molecule has 1 aromatic carbocycles. The van der Waals surface area contributed by atoms with Gasteiger partial charge in [-0.1, -0.05) is 34.1 Å². The number of halogens is 1. The Morgan fingerprint density at radius 3 is 2.94 bits per heavy atom. The Morgan fingerprint density at radius 2 is 2.24 bits per heavy atom. The van der Waals surface area contributed by atoms with Gasteiger partial charge in [-0.25, -0.2) is 0 Å². The first-order valence-electron chi connectivity index (χ1n) is 5.96. The maximum Gasteiger partial charge on any atom is 0.0949 e. The molecule has 17 heavy (non-hydrogen) atoms. The first kappa shape index (κ1) is 12.6. The molecule has 0 aromatic heterocycles. The molecule has 1 saturated heterocycles. The molecule has 1 aliphatic heterocycles. The summed E-state index contributed by atoms with van der Waals surface area (Å²) in [5, 5.41) is 7.54. The molecule has 4 heteroatoms. The largest absolute Gasteiger partial charge is 0.387 e. The van der Waals surface area contributed by atoms with Crippen LogP contribution in [0.2, 0.25) is 0 Å². The van der Waals surface area contributed by atoms with E-state index in [1.165, 1.54) is 5.56 Å². The molecule has 1 aromatic rings. The number of hydrogen-bond donors (Lipinski definition) is 2. The third-order valence-corrected chi connectivity index (χ3v) is 4.07. The van der Waals surface area contributed by atoms with Gasteiger partial charge in [0.05, 0.1) is 5.84 Å². The number of nitrogens with two attached hydrogens (primary N) is 1. The zero-order valence-electron chi connectivity index (χ0n) is 9.82. The minimum Gasteiger partial charge on any atom is -0.387 e. The molecule has 0 amide bonds. The fraction of sp³-hybridized carbons (Fsp3) is 0.462. The molecule has 2 rings (SSSR count). The average molecular weight is 296 g/mol. The maximum absolute atomic E-state index is 7.54. The van der Waals surface area contributed by atoms with Gasteiger partial charge in [-0.05, 0) is 31.0 Å². The first-order chi connectivity index (χ1) is 8.16. The molecule has 0 bridgehead atoms. The Hall–Kier alpha value is -0.870. The van der Waals surface area contributed by atoms with Gasteiger partial charge in [0.1, 0.15) is 0 Å². The number of likely N-dealkylation sites (tertiary alicyclic amines) is 1. The Morgan fingerprint density at radius 1 is 1.47 bits per heavy atom. The summed E-state index contributed by atoms with van der Waals surface area (Å²) in [7, 11) is 0. The molecule has 0 spiro atoms. The maximum atomic E-state index is 7.54. The quantitative estimate of drug-likeness (QED) is 0.665. The Bertz CT molecular complexity index is 405. The summed E-state index contributed by atoms with van der Waals surface area (Å²) in [6.45, 7) is 2.95. The van der Waals surface area contributed by atoms with Crippen LogP contribution >= 0.6 is 15.9 Å². The lowest BCUT2D eigenvalue weighted by molar-refractivity contribution is 0.195. The molecule has 1 unspecified atom stereocenters. The van der Waals surface area contributed by atoms with Crippen LogP contribution in [0.5, 0.6) is 0 Å². The van der Waals surface area contributed by atoms with Gasteiger partial charge in [0.25, 0.3) is 0 Å². The number of piperidine rings is 1. The van der Waals surface area contributed by atoms with E-state index in [4.69, 9.17) is 11.1 Å². The van der Waals surface area contributed by atoms with Crippen molar-refractivity contribution >= 4 is 21.8 Å². The molecule has 1 heterocycles. The van der Waals surface area contributed by atoms with Gasteiger partial charge in [0.15, 0.2) is 0 Å². The van der Waals surface area contributed by atoms with Gasteiger partial charge in [0.2, 0.25) is 0 Å². The van der Waals surface area contributed by atoms with Gasteiger partial charge >= 0.3 is 0 Å². The molecule has 0 aliphatic carbocycles. The summed E-state index contributed by atoms with van der Waals surface area (Å²) in [6.07, 6.45) is 2.19. The Balaban J connectivity index is 1.99. The van der Waals surface area contributed by atoms with Crippen molar-refractivity contribution in [3.8, 4) is 0 Å². The average Bonchev–Trinajstić information content (AvgIpc) is 2.32. The van der Waals surface area contributed by atoms with Gasteiger partial charge in [0, 0.05) is 23.5 Å². The van der Waals surface area contributed by atoms with Gasteiger partial charge < -0.3 is 5.73 Å². The second kappa shape index (κ2) is 5.65. The van der Waals surface area contributed by atoms with Crippen molar-refractivity contribution in [2.45, 2.75) is 19.4 Å². The van der Waals surface area contributed by atoms with E-state index in [1.54, 1.807) is 0 Å². The molecule has 0 radical (unpaired) electrons. The van der Waals surface area contributed by atoms with E-state index in [-0.39, 0.29) is 5.92 Å². The van der Waals surface area contributed by atoms with E-state index in [0.29, 0.717) is 5.84 Å². The lowest BCUT2D eigenvalue weighted by Crippen LogP contribution is -2.40. The third kappa shape index (κ3) is 3.30. The zero-order chi connectivity index (χ0) is 12.3. The van der Waals surface area contributed by atoms with Gasteiger partial charge in [-0.3, -0.25) is 10.3 Å². The normalized spacial score (nSPS) is 21.4. The summed E-state index contributed by atoms with van der Waals surface area (Å²) in [4.78, 5) is 2.38. The molecule has 1 atom stereocenters. The summed E-state index contributed by atoms with van der Waals surface area (Å²) >= 11 is 3.57. The number of hydrogen-bond acceptors (Lipinski definition) is 2. The van der Waals surface area contributed by atoms with Crippen molar-refractivity contribution in [2.75, 3.05) is 13.1 Å². The fourth-order valence-corrected chi connectivity index (χ4v) is 2.73. The van der Waals surface area contributed by atoms with Crippen LogP contribution in [0.1, 0.15) is 18.4 Å². The number of amidine groups is 1. The summed E-state index contributed by atoms with van der Waals surface area (Å²) in [5.41, 5.74) is 6.90. The van der Waals surface area contributed by atoms with Crippen LogP contribution in [0.25, 0.3) is 0 Å². The molecule has 1 fully saturated rings. The predicted octanol–water partition coefficient (Wildman–Crippen LogP) is 2.60. The van der Waals surface area contributed by atoms with E-state index in [2.05, 4.69) is 39.0 Å². The van der Waals surface area contributed by atoms with Gasteiger partial charge in [-0.15, -0.1) is 0 Å². The monoisotopic (exact) mass is 295 g/mol. The smallest absolute Gasteiger partial charge is 0.0949 e. The lowest BCUT2D eigenvalue weighted by atomic mass is 9.96. The van der Waals surface area contributed by atoms with Crippen molar-refractivity contribution in [1.29, 1.82) is 5.41 Å². The van der Waals surface area contributed by atoms with E-state index in [1.807, 2.05) is 6.07 Å². The molecule has 1 aliphatic rings. The highest BCUT2D eigenvalue weighted by molar-refractivity contribution is 9.10. The molecule has 92 valence electrons. The summed E-state index contributed by atoms with van der Waals surface area (Å²) < 4.78 is 1.16. The van der Waals surface area contributed by atoms with Crippen LogP contribution in [0.4, 0.5) is 0 Å². The lowest BCUT2D eigenvalue weighted by Gasteiger charge is -2.32. The number of rotatable bonds is 3. The van der Waals surface area contributed by atoms with Crippen LogP contribution in [0.15, 0.2) is 28.7 Å². The van der Waals surface area contributed by atoms with Crippen molar-refractivity contribution in [1.82, 2.24) is 4.90 Å². The SMILES string of the molecule is N=C(N)C1CCCN(Cc2ccccc2Br)C1. The molecular weight excluding hydrogens is 278 g/mol. The molecule has 3 nitrogen and oxygen atoms in total. The van der Waals surface area contributed by atoms with Crippen molar-refractivity contribution < 1.29 is 0 Å². The van der Waals surface area contributed by atoms with E-state index in [0.717, 1.165) is 36.9 Å². The Labute approximate surface area is 111 Å². The highest BCUT2D eigenvalue weighted by atomic mass is 79.9. The molecule has 0 saturated carbocycles. The Kier molecular flexibility index (Phi) is 4.18. The standard InChI is InChI=1S/C13H18BrN3/c14-12-6-2-1-4-10(12)8-17-7-3-5-11(9-17)13(15)16/h1-2,4,6,11H,3,5,7-9H2,(H3,15,16). The van der Waals surface area contributed by atoms with Crippen LogP contribution in [-0.2, 0) is 6.54 Å². The number of benzene rings is 1. The predicted molar refractivity (Wildman–Crippen MR) is 74.1 cm³/mol. The minimum atomic E-state index is 0.242. The van der Waals surface area contributed by atoms with Crippen molar-refractivity contribution in [3.63, 3.8) is 0 Å². The molecular formula is C13H18BrN3. The van der Waals surface area contributed by atoms with Crippen LogP contribution in [0, 0.1) is 11.3 Å². The highest BCUT2D eigenvalue weighted by Crippen LogP contribution is 2.22. The van der Waals surface area contributed by atoms with E-state index in [9.17, 15) is 0 Å². The van der Waals surface area contributed by atoms with Crippen molar-refractivity contribution in [2.24, 2.45) is 11.7 Å². The zero-order valence-corrected chi connectivity index (χ0v) is 11.4.